The Morgan fingerprint density at radius 2 is 1.91 bits per heavy atom. The van der Waals surface area contributed by atoms with Crippen LogP contribution in [0.2, 0.25) is 0 Å². The van der Waals surface area contributed by atoms with E-state index in [-0.39, 0.29) is 0 Å². The van der Waals surface area contributed by atoms with Gasteiger partial charge in [-0.15, -0.1) is 10.2 Å². The molecule has 0 saturated carbocycles. The molecule has 0 aliphatic rings. The zero-order chi connectivity index (χ0) is 8.10. The van der Waals surface area contributed by atoms with Crippen LogP contribution in [0.3, 0.4) is 0 Å². The molecule has 11 heavy (non-hydrogen) atoms. The van der Waals surface area contributed by atoms with Gasteiger partial charge in [0.25, 0.3) is 0 Å². The molecule has 1 aromatic heterocycles. The highest BCUT2D eigenvalue weighted by atomic mass is 15.4. The van der Waals surface area contributed by atoms with E-state index >= 15 is 0 Å². The molecule has 1 heterocycles. The third-order valence-corrected chi connectivity index (χ3v) is 1.58. The molecule has 1 aromatic rings. The SMILES string of the molecule is CCCCc1nnnnc1C. The summed E-state index contributed by atoms with van der Waals surface area (Å²) < 4.78 is 0. The van der Waals surface area contributed by atoms with Crippen LogP contribution in [0, 0.1) is 6.92 Å². The molecule has 0 aromatic carbocycles. The van der Waals surface area contributed by atoms with Crippen molar-refractivity contribution in [2.45, 2.75) is 33.1 Å². The maximum Gasteiger partial charge on any atom is 0.0880 e. The van der Waals surface area contributed by atoms with E-state index in [4.69, 9.17) is 0 Å². The average molecular weight is 152 g/mol. The maximum absolute atomic E-state index is 3.89. The van der Waals surface area contributed by atoms with E-state index in [9.17, 15) is 0 Å². The predicted molar refractivity (Wildman–Crippen MR) is 41.0 cm³/mol. The lowest BCUT2D eigenvalue weighted by Gasteiger charge is -1.97. The minimum absolute atomic E-state index is 0.897. The molecule has 0 unspecified atom stereocenters. The quantitative estimate of drug-likeness (QED) is 0.646. The summed E-state index contributed by atoms with van der Waals surface area (Å²) in [4.78, 5) is 0. The van der Waals surface area contributed by atoms with Crippen LogP contribution in [-0.2, 0) is 6.42 Å². The second-order valence-electron chi connectivity index (χ2n) is 2.51. The predicted octanol–water partition coefficient (Wildman–Crippen LogP) is 0.918. The summed E-state index contributed by atoms with van der Waals surface area (Å²) in [5.41, 5.74) is 1.87. The van der Waals surface area contributed by atoms with Crippen LogP contribution in [-0.4, -0.2) is 20.6 Å². The highest BCUT2D eigenvalue weighted by Crippen LogP contribution is 2.02. The van der Waals surface area contributed by atoms with Gasteiger partial charge < -0.3 is 0 Å². The smallest absolute Gasteiger partial charge is 0.0880 e. The summed E-state index contributed by atoms with van der Waals surface area (Å²) >= 11 is 0. The summed E-state index contributed by atoms with van der Waals surface area (Å²) in [5.74, 6) is 0. The maximum atomic E-state index is 3.89. The van der Waals surface area contributed by atoms with Crippen molar-refractivity contribution in [2.75, 3.05) is 0 Å². The fraction of sp³-hybridized carbons (Fsp3) is 0.714. The fourth-order valence-corrected chi connectivity index (χ4v) is 0.866. The van der Waals surface area contributed by atoms with Crippen molar-refractivity contribution in [3.05, 3.63) is 11.4 Å². The van der Waals surface area contributed by atoms with Crippen LogP contribution in [0.25, 0.3) is 0 Å². The van der Waals surface area contributed by atoms with E-state index in [1.807, 2.05) is 6.92 Å². The lowest BCUT2D eigenvalue weighted by atomic mass is 10.2. The Morgan fingerprint density at radius 1 is 1.18 bits per heavy atom. The lowest BCUT2D eigenvalue weighted by molar-refractivity contribution is 0.674. The minimum Gasteiger partial charge on any atom is -0.132 e. The Morgan fingerprint density at radius 3 is 2.55 bits per heavy atom. The highest BCUT2D eigenvalue weighted by Gasteiger charge is 1.99. The molecule has 60 valence electrons. The monoisotopic (exact) mass is 152 g/mol. The third kappa shape index (κ3) is 2.22. The normalized spacial score (nSPS) is 10.0. The molecule has 0 atom stereocenters. The first-order chi connectivity index (χ1) is 5.34. The van der Waals surface area contributed by atoms with Crippen molar-refractivity contribution < 1.29 is 0 Å². The number of hydrogen-bond acceptors (Lipinski definition) is 4. The molecular formula is C7H12N4. The van der Waals surface area contributed by atoms with Gasteiger partial charge in [-0.3, -0.25) is 0 Å². The van der Waals surface area contributed by atoms with Crippen molar-refractivity contribution in [3.63, 3.8) is 0 Å². The Hall–Kier alpha value is -1.06. The Labute approximate surface area is 66.0 Å². The first-order valence-corrected chi connectivity index (χ1v) is 3.86. The number of aromatic nitrogens is 4. The first kappa shape index (κ1) is 8.04. The van der Waals surface area contributed by atoms with Gasteiger partial charge in [-0.25, -0.2) is 0 Å². The second-order valence-corrected chi connectivity index (χ2v) is 2.51. The van der Waals surface area contributed by atoms with Gasteiger partial charge in [-0.05, 0) is 30.2 Å². The molecule has 0 saturated heterocycles. The van der Waals surface area contributed by atoms with Crippen molar-refractivity contribution in [3.8, 4) is 0 Å². The highest BCUT2D eigenvalue weighted by molar-refractivity contribution is 5.03. The van der Waals surface area contributed by atoms with Crippen molar-refractivity contribution in [1.29, 1.82) is 0 Å². The summed E-state index contributed by atoms with van der Waals surface area (Å²) in [6.07, 6.45) is 3.27. The van der Waals surface area contributed by atoms with Gasteiger partial charge >= 0.3 is 0 Å². The summed E-state index contributed by atoms with van der Waals surface area (Å²) in [5, 5.41) is 14.6. The van der Waals surface area contributed by atoms with Crippen LogP contribution in [0.1, 0.15) is 31.2 Å². The average Bonchev–Trinajstić information content (AvgIpc) is 2.03. The van der Waals surface area contributed by atoms with Crippen molar-refractivity contribution in [2.24, 2.45) is 0 Å². The standard InChI is InChI=1S/C7H12N4/c1-3-4-5-7-6(2)8-10-11-9-7/h3-5H2,1-2H3. The lowest BCUT2D eigenvalue weighted by Crippen LogP contribution is -2.02. The van der Waals surface area contributed by atoms with Gasteiger partial charge in [0, 0.05) is 0 Å². The molecule has 4 nitrogen and oxygen atoms in total. The van der Waals surface area contributed by atoms with E-state index in [1.165, 1.54) is 6.42 Å². The number of hydrogen-bond donors (Lipinski definition) is 0. The fourth-order valence-electron chi connectivity index (χ4n) is 0.866. The van der Waals surface area contributed by atoms with Gasteiger partial charge in [0.2, 0.25) is 0 Å². The van der Waals surface area contributed by atoms with E-state index in [1.54, 1.807) is 0 Å². The Bertz CT molecular complexity index is 223. The van der Waals surface area contributed by atoms with Crippen molar-refractivity contribution >= 4 is 0 Å². The Kier molecular flexibility index (Phi) is 2.89. The summed E-state index contributed by atoms with van der Waals surface area (Å²) in [7, 11) is 0. The number of unbranched alkanes of at least 4 members (excludes halogenated alkanes) is 1. The second kappa shape index (κ2) is 3.95. The van der Waals surface area contributed by atoms with Crippen LogP contribution < -0.4 is 0 Å². The van der Waals surface area contributed by atoms with Crippen LogP contribution >= 0.6 is 0 Å². The summed E-state index contributed by atoms with van der Waals surface area (Å²) in [6.45, 7) is 4.06. The first-order valence-electron chi connectivity index (χ1n) is 3.86. The molecular weight excluding hydrogens is 140 g/mol. The zero-order valence-electron chi connectivity index (χ0n) is 6.91. The largest absolute Gasteiger partial charge is 0.132 e. The number of nitrogens with zero attached hydrogens (tertiary/aromatic N) is 4. The van der Waals surface area contributed by atoms with Gasteiger partial charge in [-0.1, -0.05) is 13.3 Å². The van der Waals surface area contributed by atoms with Crippen LogP contribution in [0.15, 0.2) is 0 Å². The molecule has 0 aliphatic heterocycles. The molecule has 1 rings (SSSR count). The van der Waals surface area contributed by atoms with E-state index in [0.29, 0.717) is 0 Å². The minimum atomic E-state index is 0.897. The van der Waals surface area contributed by atoms with Gasteiger partial charge in [0.05, 0.1) is 11.4 Å². The van der Waals surface area contributed by atoms with Gasteiger partial charge in [-0.2, -0.15) is 0 Å². The number of aryl methyl sites for hydroxylation is 2. The van der Waals surface area contributed by atoms with E-state index in [0.717, 1.165) is 24.2 Å². The molecule has 0 radical (unpaired) electrons. The summed E-state index contributed by atoms with van der Waals surface area (Å²) in [6, 6.07) is 0. The molecule has 0 N–H and O–H groups in total. The van der Waals surface area contributed by atoms with E-state index < -0.39 is 0 Å². The number of rotatable bonds is 3. The Balaban J connectivity index is 2.62. The molecule has 0 bridgehead atoms. The molecule has 0 fully saturated rings. The van der Waals surface area contributed by atoms with Gasteiger partial charge in [0.15, 0.2) is 0 Å². The van der Waals surface area contributed by atoms with Crippen LogP contribution in [0.4, 0.5) is 0 Å². The third-order valence-electron chi connectivity index (χ3n) is 1.58. The molecule has 4 heteroatoms. The zero-order valence-corrected chi connectivity index (χ0v) is 6.91. The van der Waals surface area contributed by atoms with E-state index in [2.05, 4.69) is 27.5 Å². The van der Waals surface area contributed by atoms with Crippen LogP contribution in [0.5, 0.6) is 0 Å². The molecule has 0 spiro atoms. The van der Waals surface area contributed by atoms with Crippen molar-refractivity contribution in [1.82, 2.24) is 20.6 Å². The molecule has 0 aliphatic carbocycles. The topological polar surface area (TPSA) is 51.6 Å². The van der Waals surface area contributed by atoms with Gasteiger partial charge in [0.1, 0.15) is 0 Å². The molecule has 0 amide bonds.